The van der Waals surface area contributed by atoms with Gasteiger partial charge in [0.15, 0.2) is 0 Å². The summed E-state index contributed by atoms with van der Waals surface area (Å²) in [6.07, 6.45) is -0.143. The first-order valence-corrected chi connectivity index (χ1v) is 12.1. The Kier molecular flexibility index (Phi) is 8.11. The van der Waals surface area contributed by atoms with Crippen molar-refractivity contribution in [3.63, 3.8) is 0 Å². The monoisotopic (exact) mass is 502 g/mol. The molecule has 0 spiro atoms. The Morgan fingerprint density at radius 2 is 1.76 bits per heavy atom. The zero-order valence-electron chi connectivity index (χ0n) is 21.2. The molecule has 2 N–H and O–H groups in total. The van der Waals surface area contributed by atoms with Crippen LogP contribution >= 0.6 is 0 Å². The van der Waals surface area contributed by atoms with Gasteiger partial charge in [-0.15, -0.1) is 0 Å². The van der Waals surface area contributed by atoms with Crippen LogP contribution in [0.2, 0.25) is 0 Å². The van der Waals surface area contributed by atoms with Crippen molar-refractivity contribution in [3.8, 4) is 0 Å². The first-order chi connectivity index (χ1) is 17.7. The summed E-state index contributed by atoms with van der Waals surface area (Å²) in [6.45, 7) is 2.71. The Morgan fingerprint density at radius 1 is 1.00 bits per heavy atom. The van der Waals surface area contributed by atoms with E-state index in [4.69, 9.17) is 4.99 Å². The van der Waals surface area contributed by atoms with Gasteiger partial charge in [0.25, 0.3) is 0 Å². The molecule has 1 atom stereocenters. The van der Waals surface area contributed by atoms with Gasteiger partial charge in [-0.05, 0) is 73.7 Å². The highest BCUT2D eigenvalue weighted by Gasteiger charge is 2.35. The Morgan fingerprint density at radius 3 is 2.46 bits per heavy atom. The topological polar surface area (TPSA) is 85.2 Å². The van der Waals surface area contributed by atoms with Crippen molar-refractivity contribution in [2.45, 2.75) is 18.9 Å². The number of benzene rings is 3. The molecule has 0 aromatic heterocycles. The Balaban J connectivity index is 1.69. The molecule has 1 heterocycles. The lowest BCUT2D eigenvalue weighted by Crippen LogP contribution is -2.28. The zero-order chi connectivity index (χ0) is 26.5. The number of anilines is 1. The van der Waals surface area contributed by atoms with Gasteiger partial charge in [-0.25, -0.2) is 4.39 Å². The van der Waals surface area contributed by atoms with Crippen molar-refractivity contribution < 1.29 is 19.1 Å². The van der Waals surface area contributed by atoms with Crippen LogP contribution in [0.25, 0.3) is 0 Å². The van der Waals surface area contributed by atoms with Crippen LogP contribution in [0.1, 0.15) is 28.2 Å². The van der Waals surface area contributed by atoms with E-state index in [9.17, 15) is 19.1 Å². The molecule has 4 rings (SSSR count). The van der Waals surface area contributed by atoms with Crippen molar-refractivity contribution in [2.75, 3.05) is 39.5 Å². The summed E-state index contributed by atoms with van der Waals surface area (Å²) < 4.78 is 13.8. The number of fused-ring (bicyclic) bond motifs is 1. The molecule has 192 valence electrons. The van der Waals surface area contributed by atoms with Gasteiger partial charge >= 0.3 is 5.97 Å². The van der Waals surface area contributed by atoms with E-state index >= 15 is 0 Å². The van der Waals surface area contributed by atoms with Crippen LogP contribution in [0, 0.1) is 5.82 Å². The number of hydrogen-bond acceptors (Lipinski definition) is 5. The van der Waals surface area contributed by atoms with Crippen LogP contribution in [0.15, 0.2) is 71.7 Å². The quantitative estimate of drug-likeness (QED) is 0.404. The average Bonchev–Trinajstić information content (AvgIpc) is 3.16. The van der Waals surface area contributed by atoms with E-state index in [1.54, 1.807) is 24.3 Å². The number of nitrogens with one attached hydrogen (secondary N) is 1. The Bertz CT molecular complexity index is 1320. The van der Waals surface area contributed by atoms with Crippen LogP contribution in [0.4, 0.5) is 15.8 Å². The van der Waals surface area contributed by atoms with Gasteiger partial charge in [-0.3, -0.25) is 14.6 Å². The van der Waals surface area contributed by atoms with Crippen molar-refractivity contribution in [2.24, 2.45) is 4.99 Å². The highest BCUT2D eigenvalue weighted by molar-refractivity contribution is 6.24. The minimum atomic E-state index is -0.943. The normalized spacial score (nSPS) is 15.2. The Hall–Kier alpha value is -3.88. The van der Waals surface area contributed by atoms with Crippen LogP contribution in [0.5, 0.6) is 0 Å². The fourth-order valence-electron chi connectivity index (χ4n) is 4.39. The molecule has 8 heteroatoms. The van der Waals surface area contributed by atoms with Gasteiger partial charge in [0.2, 0.25) is 5.91 Å². The second kappa shape index (κ2) is 11.5. The van der Waals surface area contributed by atoms with Crippen LogP contribution in [0.3, 0.4) is 0 Å². The molecule has 37 heavy (non-hydrogen) atoms. The van der Waals surface area contributed by atoms with Gasteiger partial charge in [-0.2, -0.15) is 0 Å². The van der Waals surface area contributed by atoms with E-state index in [2.05, 4.69) is 36.3 Å². The molecule has 0 saturated heterocycles. The van der Waals surface area contributed by atoms with Crippen molar-refractivity contribution in [3.05, 3.63) is 94.8 Å². The molecule has 3 aromatic rings. The molecular formula is C29H31FN4O3. The molecule has 1 aliphatic rings. The maximum Gasteiger partial charge on any atom is 0.307 e. The smallest absolute Gasteiger partial charge is 0.307 e. The lowest BCUT2D eigenvalue weighted by molar-refractivity contribution is -0.136. The number of aliphatic carboxylic acids is 1. The first kappa shape index (κ1) is 26.2. The second-order valence-electron chi connectivity index (χ2n) is 9.63. The minimum absolute atomic E-state index is 0.143. The minimum Gasteiger partial charge on any atom is -0.481 e. The number of carbonyl (C=O) groups is 2. The highest BCUT2D eigenvalue weighted by Crippen LogP contribution is 2.37. The number of carbonyl (C=O) groups excluding carboxylic acids is 1. The van der Waals surface area contributed by atoms with Crippen molar-refractivity contribution in [1.82, 2.24) is 9.80 Å². The van der Waals surface area contributed by atoms with E-state index in [1.165, 1.54) is 12.1 Å². The number of nitrogens with zero attached hydrogens (tertiary/aromatic N) is 3. The molecule has 7 nitrogen and oxygen atoms in total. The maximum atomic E-state index is 13.8. The summed E-state index contributed by atoms with van der Waals surface area (Å²) in [5.41, 5.74) is 4.58. The summed E-state index contributed by atoms with van der Waals surface area (Å²) in [4.78, 5) is 33.6. The third-order valence-electron chi connectivity index (χ3n) is 6.27. The number of aliphatic imine (C=N–C) groups is 1. The first-order valence-electron chi connectivity index (χ1n) is 12.1. The molecule has 0 radical (unpaired) electrons. The number of amides is 1. The summed E-state index contributed by atoms with van der Waals surface area (Å²) in [6, 6.07) is 19.1. The molecule has 1 aliphatic heterocycles. The second-order valence-corrected chi connectivity index (χ2v) is 9.63. The fraction of sp³-hybridized carbons (Fsp3) is 0.276. The van der Waals surface area contributed by atoms with E-state index < -0.39 is 17.7 Å². The van der Waals surface area contributed by atoms with E-state index in [1.807, 2.05) is 30.3 Å². The van der Waals surface area contributed by atoms with Crippen molar-refractivity contribution >= 4 is 29.0 Å². The van der Waals surface area contributed by atoms with E-state index in [0.717, 1.165) is 25.2 Å². The molecule has 1 amide bonds. The van der Waals surface area contributed by atoms with Crippen LogP contribution in [-0.4, -0.2) is 66.7 Å². The SMILES string of the molecule is CN(C)CCN(C)Cc1ccc(N=C(c2cccc(CC(=O)O)c2)C2C(=O)Nc3cc(F)ccc32)cc1. The number of rotatable bonds is 10. The van der Waals surface area contributed by atoms with E-state index in [0.29, 0.717) is 33.8 Å². The fourth-order valence-corrected chi connectivity index (χ4v) is 4.39. The predicted octanol–water partition coefficient (Wildman–Crippen LogP) is 4.30. The van der Waals surface area contributed by atoms with Crippen LogP contribution in [-0.2, 0) is 22.6 Å². The third kappa shape index (κ3) is 6.67. The highest BCUT2D eigenvalue weighted by atomic mass is 19.1. The number of hydrogen-bond donors (Lipinski definition) is 2. The molecular weight excluding hydrogens is 471 g/mol. The van der Waals surface area contributed by atoms with Gasteiger partial charge in [0.1, 0.15) is 11.7 Å². The molecule has 0 bridgehead atoms. The zero-order valence-corrected chi connectivity index (χ0v) is 21.2. The lowest BCUT2D eigenvalue weighted by Gasteiger charge is -2.19. The summed E-state index contributed by atoms with van der Waals surface area (Å²) >= 11 is 0. The summed E-state index contributed by atoms with van der Waals surface area (Å²) in [7, 11) is 6.18. The largest absolute Gasteiger partial charge is 0.481 e. The van der Waals surface area contributed by atoms with Crippen molar-refractivity contribution in [1.29, 1.82) is 0 Å². The summed E-state index contributed by atoms with van der Waals surface area (Å²) in [5, 5.41) is 12.0. The van der Waals surface area contributed by atoms with Gasteiger partial charge < -0.3 is 20.2 Å². The molecule has 1 unspecified atom stereocenters. The maximum absolute atomic E-state index is 13.8. The van der Waals surface area contributed by atoms with Gasteiger partial charge in [0.05, 0.1) is 17.8 Å². The number of carboxylic acids is 1. The number of halogens is 1. The van der Waals surface area contributed by atoms with Gasteiger partial charge in [0, 0.05) is 25.3 Å². The number of carboxylic acid groups (broad SMARTS) is 1. The molecule has 3 aromatic carbocycles. The average molecular weight is 503 g/mol. The number of likely N-dealkylation sites (N-methyl/N-ethyl adjacent to an activating group) is 2. The summed E-state index contributed by atoms with van der Waals surface area (Å²) in [5.74, 6) is -2.44. The third-order valence-corrected chi connectivity index (χ3v) is 6.27. The predicted molar refractivity (Wildman–Crippen MR) is 143 cm³/mol. The lowest BCUT2D eigenvalue weighted by atomic mass is 9.89. The van der Waals surface area contributed by atoms with E-state index in [-0.39, 0.29) is 12.3 Å². The molecule has 0 saturated carbocycles. The standard InChI is InChI=1S/C29H31FN4O3/c1-33(2)13-14-34(3)18-19-7-10-23(11-8-19)31-28(21-6-4-5-20(15-21)16-26(35)36)27-24-12-9-22(30)17-25(24)32-29(27)37/h4-12,15,17,27H,13-14,16,18H2,1-3H3,(H,32,37)(H,35,36). The molecule has 0 fully saturated rings. The Labute approximate surface area is 216 Å². The molecule has 0 aliphatic carbocycles. The van der Waals surface area contributed by atoms with Crippen LogP contribution < -0.4 is 5.32 Å². The van der Waals surface area contributed by atoms with Gasteiger partial charge in [-0.1, -0.05) is 36.4 Å².